The van der Waals surface area contributed by atoms with Crippen molar-refractivity contribution in [2.75, 3.05) is 13.6 Å². The fourth-order valence-corrected chi connectivity index (χ4v) is 5.62. The van der Waals surface area contributed by atoms with Crippen molar-refractivity contribution in [2.24, 2.45) is 0 Å². The Hall–Kier alpha value is -2.55. The molecule has 7 nitrogen and oxygen atoms in total. The van der Waals surface area contributed by atoms with Gasteiger partial charge in [0.15, 0.2) is 0 Å². The van der Waals surface area contributed by atoms with Crippen LogP contribution >= 0.6 is 11.3 Å². The molecule has 2 saturated heterocycles. The van der Waals surface area contributed by atoms with E-state index in [9.17, 15) is 14.4 Å². The van der Waals surface area contributed by atoms with E-state index in [0.717, 1.165) is 29.7 Å². The first-order chi connectivity index (χ1) is 15.9. The molecule has 0 radical (unpaired) electrons. The van der Waals surface area contributed by atoms with Gasteiger partial charge in [0, 0.05) is 43.4 Å². The van der Waals surface area contributed by atoms with Gasteiger partial charge in [-0.1, -0.05) is 49.7 Å². The first-order valence-electron chi connectivity index (χ1n) is 11.6. The number of hydrogen-bond acceptors (Lipinski definition) is 6. The highest BCUT2D eigenvalue weighted by atomic mass is 32.1. The number of hydrazine groups is 1. The Balaban J connectivity index is 1.51. The highest BCUT2D eigenvalue weighted by Gasteiger charge is 2.54. The van der Waals surface area contributed by atoms with Gasteiger partial charge in [0.2, 0.25) is 17.7 Å². The number of carbonyl (C=O) groups excluding carboxylic acids is 3. The number of imide groups is 1. The molecule has 2 aliphatic rings. The smallest absolute Gasteiger partial charge is 0.241 e. The summed E-state index contributed by atoms with van der Waals surface area (Å²) in [5.41, 5.74) is 6.16. The maximum Gasteiger partial charge on any atom is 0.241 e. The number of benzene rings is 1. The second-order valence-electron chi connectivity index (χ2n) is 9.15. The van der Waals surface area contributed by atoms with Crippen LogP contribution in [0.3, 0.4) is 0 Å². The van der Waals surface area contributed by atoms with Crippen LogP contribution in [0.15, 0.2) is 47.8 Å². The van der Waals surface area contributed by atoms with Crippen LogP contribution in [0.4, 0.5) is 0 Å². The van der Waals surface area contributed by atoms with Gasteiger partial charge in [-0.2, -0.15) is 0 Å². The fraction of sp³-hybridized carbons (Fsp3) is 0.480. The molecule has 2 N–H and O–H groups in total. The number of likely N-dealkylation sites (tertiary alicyclic amines) is 1. The molecule has 0 aliphatic carbocycles. The van der Waals surface area contributed by atoms with E-state index >= 15 is 0 Å². The third-order valence-corrected chi connectivity index (χ3v) is 7.56. The number of likely N-dealkylation sites (N-methyl/N-ethyl adjacent to an activating group) is 1. The van der Waals surface area contributed by atoms with Crippen molar-refractivity contribution in [1.82, 2.24) is 20.7 Å². The van der Waals surface area contributed by atoms with Crippen LogP contribution in [-0.4, -0.2) is 53.2 Å². The lowest BCUT2D eigenvalue weighted by Gasteiger charge is -2.30. The van der Waals surface area contributed by atoms with E-state index in [2.05, 4.69) is 17.8 Å². The number of nitrogens with zero attached hydrogens (tertiary/aromatic N) is 2. The number of amides is 3. The summed E-state index contributed by atoms with van der Waals surface area (Å²) in [5.74, 6) is -0.631. The van der Waals surface area contributed by atoms with E-state index < -0.39 is 5.41 Å². The lowest BCUT2D eigenvalue weighted by molar-refractivity contribution is -0.143. The fourth-order valence-electron chi connectivity index (χ4n) is 4.92. The average molecular weight is 469 g/mol. The van der Waals surface area contributed by atoms with Crippen molar-refractivity contribution in [2.45, 2.75) is 63.1 Å². The molecular formula is C25H32N4O3S. The minimum atomic E-state index is -1.16. The van der Waals surface area contributed by atoms with Crippen molar-refractivity contribution in [3.63, 3.8) is 0 Å². The Morgan fingerprint density at radius 1 is 1.15 bits per heavy atom. The predicted molar refractivity (Wildman–Crippen MR) is 128 cm³/mol. The molecule has 0 bridgehead atoms. The summed E-state index contributed by atoms with van der Waals surface area (Å²) in [4.78, 5) is 44.0. The second-order valence-corrected chi connectivity index (χ2v) is 10.2. The Morgan fingerprint density at radius 2 is 1.91 bits per heavy atom. The zero-order valence-corrected chi connectivity index (χ0v) is 20.1. The lowest BCUT2D eigenvalue weighted by Crippen LogP contribution is -2.45. The number of nitrogens with one attached hydrogen (secondary N) is 2. The topological polar surface area (TPSA) is 81.8 Å². The van der Waals surface area contributed by atoms with Crippen LogP contribution in [0, 0.1) is 0 Å². The van der Waals surface area contributed by atoms with E-state index in [1.54, 1.807) is 11.9 Å². The van der Waals surface area contributed by atoms with Gasteiger partial charge in [0.1, 0.15) is 0 Å². The van der Waals surface area contributed by atoms with Crippen LogP contribution < -0.4 is 10.9 Å². The number of carbonyl (C=O) groups is 3. The Bertz CT molecular complexity index is 981. The first-order valence-corrected chi connectivity index (χ1v) is 12.5. The zero-order valence-electron chi connectivity index (χ0n) is 19.3. The van der Waals surface area contributed by atoms with Gasteiger partial charge >= 0.3 is 0 Å². The second kappa shape index (κ2) is 10.2. The zero-order chi connectivity index (χ0) is 23.4. The van der Waals surface area contributed by atoms with Gasteiger partial charge in [-0.05, 0) is 29.9 Å². The number of hydrogen-bond donors (Lipinski definition) is 2. The molecule has 3 heterocycles. The predicted octanol–water partition coefficient (Wildman–Crippen LogP) is 2.83. The number of rotatable bonds is 9. The molecule has 2 aromatic rings. The molecule has 176 valence electrons. The molecule has 3 unspecified atom stereocenters. The average Bonchev–Trinajstić information content (AvgIpc) is 3.53. The Kier molecular flexibility index (Phi) is 7.26. The molecule has 0 spiro atoms. The monoisotopic (exact) mass is 468 g/mol. The van der Waals surface area contributed by atoms with Crippen LogP contribution in [-0.2, 0) is 26.3 Å². The van der Waals surface area contributed by atoms with Crippen molar-refractivity contribution in [3.8, 4) is 0 Å². The van der Waals surface area contributed by atoms with E-state index in [0.29, 0.717) is 12.6 Å². The molecular weight excluding hydrogens is 436 g/mol. The molecule has 33 heavy (non-hydrogen) atoms. The maximum absolute atomic E-state index is 13.7. The Labute approximate surface area is 199 Å². The van der Waals surface area contributed by atoms with E-state index in [4.69, 9.17) is 0 Å². The Morgan fingerprint density at radius 3 is 2.61 bits per heavy atom. The first kappa shape index (κ1) is 23.6. The van der Waals surface area contributed by atoms with Crippen LogP contribution in [0.25, 0.3) is 0 Å². The third-order valence-electron chi connectivity index (χ3n) is 6.70. The van der Waals surface area contributed by atoms with Crippen molar-refractivity contribution in [1.29, 1.82) is 0 Å². The van der Waals surface area contributed by atoms with Gasteiger partial charge < -0.3 is 4.90 Å². The van der Waals surface area contributed by atoms with Crippen molar-refractivity contribution < 1.29 is 14.4 Å². The molecule has 2 aliphatic heterocycles. The molecule has 3 amide bonds. The van der Waals surface area contributed by atoms with Gasteiger partial charge in [-0.15, -0.1) is 11.3 Å². The van der Waals surface area contributed by atoms with Gasteiger partial charge in [-0.3, -0.25) is 30.1 Å². The van der Waals surface area contributed by atoms with Crippen LogP contribution in [0.1, 0.15) is 49.5 Å². The van der Waals surface area contributed by atoms with Gasteiger partial charge in [0.25, 0.3) is 0 Å². The van der Waals surface area contributed by atoms with Gasteiger partial charge in [-0.25, -0.2) is 0 Å². The minimum absolute atomic E-state index is 0.0163. The summed E-state index contributed by atoms with van der Waals surface area (Å²) in [6, 6.07) is 13.7. The molecule has 3 atom stereocenters. The van der Waals surface area contributed by atoms with E-state index in [-0.39, 0.29) is 43.1 Å². The third kappa shape index (κ3) is 5.03. The molecule has 2 fully saturated rings. The highest BCUT2D eigenvalue weighted by molar-refractivity contribution is 7.09. The number of thiophene rings is 1. The molecule has 1 aromatic carbocycles. The summed E-state index contributed by atoms with van der Waals surface area (Å²) in [5, 5.41) is 1.93. The molecule has 0 saturated carbocycles. The van der Waals surface area contributed by atoms with Gasteiger partial charge in [0.05, 0.1) is 12.0 Å². The van der Waals surface area contributed by atoms with E-state index in [1.807, 2.05) is 47.8 Å². The maximum atomic E-state index is 13.7. The molecule has 8 heteroatoms. The normalized spacial score (nSPS) is 25.1. The van der Waals surface area contributed by atoms with Crippen molar-refractivity contribution >= 4 is 29.1 Å². The summed E-state index contributed by atoms with van der Waals surface area (Å²) < 4.78 is 0. The summed E-state index contributed by atoms with van der Waals surface area (Å²) >= 11 is 1.52. The summed E-state index contributed by atoms with van der Waals surface area (Å²) in [6.45, 7) is 2.97. The largest absolute Gasteiger partial charge is 0.344 e. The summed E-state index contributed by atoms with van der Waals surface area (Å²) in [7, 11) is 1.78. The standard InChI is InChI=1S/C25H32N4O3S/c1-3-8-19-13-20(27-26-19)16-28(2)22(30)14-25(18-9-5-4-6-10-18)15-23(31)29(24(25)32)17-21-11-7-12-33-21/h4-7,9-12,19-20,26-27H,3,8,13-17H2,1-2H3. The SMILES string of the molecule is CCCC1CC(CN(C)C(=O)CC2(c3ccccc3)CC(=O)N(Cc3cccs3)C2=O)NN1. The quantitative estimate of drug-likeness (QED) is 0.553. The van der Waals surface area contributed by atoms with Crippen LogP contribution in [0.5, 0.6) is 0 Å². The minimum Gasteiger partial charge on any atom is -0.344 e. The molecule has 4 rings (SSSR count). The van der Waals surface area contributed by atoms with Crippen LogP contribution in [0.2, 0.25) is 0 Å². The van der Waals surface area contributed by atoms with E-state index in [1.165, 1.54) is 16.2 Å². The molecule has 1 aromatic heterocycles. The van der Waals surface area contributed by atoms with Crippen molar-refractivity contribution in [3.05, 3.63) is 58.3 Å². The lowest BCUT2D eigenvalue weighted by atomic mass is 9.75. The highest BCUT2D eigenvalue weighted by Crippen LogP contribution is 2.41. The summed E-state index contributed by atoms with van der Waals surface area (Å²) in [6.07, 6.45) is 3.16.